The topological polar surface area (TPSA) is 20.2 Å². The van der Waals surface area contributed by atoms with Crippen LogP contribution in [0.3, 0.4) is 0 Å². The molecular weight excluding hydrogens is 256 g/mol. The van der Waals surface area contributed by atoms with Crippen molar-refractivity contribution < 1.29 is 5.11 Å². The van der Waals surface area contributed by atoms with Crippen LogP contribution in [-0.2, 0) is 0 Å². The highest BCUT2D eigenvalue weighted by atomic mass is 16.3. The Morgan fingerprint density at radius 2 is 1.95 bits per heavy atom. The predicted octanol–water partition coefficient (Wildman–Crippen LogP) is 5.19. The molecule has 0 aliphatic heterocycles. The molecule has 0 spiro atoms. The van der Waals surface area contributed by atoms with Gasteiger partial charge >= 0.3 is 0 Å². The predicted molar refractivity (Wildman–Crippen MR) is 89.0 cm³/mol. The maximum absolute atomic E-state index is 10.00. The summed E-state index contributed by atoms with van der Waals surface area (Å²) in [5.41, 5.74) is 2.40. The van der Waals surface area contributed by atoms with Crippen molar-refractivity contribution in [1.29, 1.82) is 0 Å². The Bertz CT molecular complexity index is 424. The van der Waals surface area contributed by atoms with Crippen LogP contribution in [-0.4, -0.2) is 11.7 Å². The van der Waals surface area contributed by atoms with E-state index in [9.17, 15) is 5.11 Å². The number of allylic oxidation sites excluding steroid dienone is 2. The Labute approximate surface area is 131 Å². The lowest BCUT2D eigenvalue weighted by Gasteiger charge is -2.59. The van der Waals surface area contributed by atoms with E-state index in [2.05, 4.69) is 33.8 Å². The highest BCUT2D eigenvalue weighted by molar-refractivity contribution is 5.22. The van der Waals surface area contributed by atoms with E-state index in [1.807, 2.05) is 0 Å². The van der Waals surface area contributed by atoms with Crippen LogP contribution in [0, 0.1) is 34.5 Å². The summed E-state index contributed by atoms with van der Waals surface area (Å²) in [6.07, 6.45) is 11.9. The van der Waals surface area contributed by atoms with Crippen molar-refractivity contribution in [1.82, 2.24) is 0 Å². The SMILES string of the molecule is CC(C)[C@@H]1C=C2CC[C@@H]3[C@@](C)(CO)CCC[C@@]3(C)[C@@H]2CC1. The third-order valence-electron chi connectivity index (χ3n) is 7.50. The molecule has 0 aromatic heterocycles. The van der Waals surface area contributed by atoms with Crippen LogP contribution in [0.15, 0.2) is 11.6 Å². The van der Waals surface area contributed by atoms with Crippen molar-refractivity contribution in [3.63, 3.8) is 0 Å². The number of rotatable bonds is 2. The second-order valence-electron chi connectivity index (χ2n) is 9.04. The van der Waals surface area contributed by atoms with Gasteiger partial charge < -0.3 is 5.11 Å². The Balaban J connectivity index is 1.91. The molecule has 1 N–H and O–H groups in total. The molecule has 0 unspecified atom stereocenters. The van der Waals surface area contributed by atoms with Crippen molar-refractivity contribution in [3.8, 4) is 0 Å². The van der Waals surface area contributed by atoms with Gasteiger partial charge in [-0.15, -0.1) is 0 Å². The Kier molecular flexibility index (Phi) is 4.01. The highest BCUT2D eigenvalue weighted by Crippen LogP contribution is 2.63. The highest BCUT2D eigenvalue weighted by Gasteiger charge is 2.54. The molecule has 0 aromatic rings. The molecule has 1 nitrogen and oxygen atoms in total. The minimum absolute atomic E-state index is 0.174. The van der Waals surface area contributed by atoms with E-state index in [4.69, 9.17) is 0 Å². The van der Waals surface area contributed by atoms with Crippen molar-refractivity contribution in [2.45, 2.75) is 72.6 Å². The first kappa shape index (κ1) is 15.6. The smallest absolute Gasteiger partial charge is 0.0487 e. The van der Waals surface area contributed by atoms with E-state index < -0.39 is 0 Å². The summed E-state index contributed by atoms with van der Waals surface area (Å²) in [7, 11) is 0. The van der Waals surface area contributed by atoms with Gasteiger partial charge in [-0.1, -0.05) is 45.8 Å². The maximum atomic E-state index is 10.00. The summed E-state index contributed by atoms with van der Waals surface area (Å²) < 4.78 is 0. The van der Waals surface area contributed by atoms with Crippen LogP contribution in [0.5, 0.6) is 0 Å². The van der Waals surface area contributed by atoms with Crippen LogP contribution in [0.1, 0.15) is 72.6 Å². The summed E-state index contributed by atoms with van der Waals surface area (Å²) in [5, 5.41) is 10.00. The van der Waals surface area contributed by atoms with Gasteiger partial charge in [-0.2, -0.15) is 0 Å². The number of hydrogen-bond donors (Lipinski definition) is 1. The second kappa shape index (κ2) is 5.41. The lowest BCUT2D eigenvalue weighted by Crippen LogP contribution is -2.52. The summed E-state index contributed by atoms with van der Waals surface area (Å²) in [4.78, 5) is 0. The third kappa shape index (κ3) is 2.40. The zero-order valence-corrected chi connectivity index (χ0v) is 14.5. The van der Waals surface area contributed by atoms with E-state index in [0.717, 1.165) is 23.7 Å². The summed E-state index contributed by atoms with van der Waals surface area (Å²) in [6.45, 7) is 10.0. The van der Waals surface area contributed by atoms with Crippen LogP contribution in [0.4, 0.5) is 0 Å². The molecule has 0 heterocycles. The normalized spacial score (nSPS) is 46.8. The van der Waals surface area contributed by atoms with Gasteiger partial charge in [0.05, 0.1) is 0 Å². The van der Waals surface area contributed by atoms with Gasteiger partial charge in [-0.3, -0.25) is 0 Å². The number of aliphatic hydroxyl groups is 1. The first-order chi connectivity index (χ1) is 9.90. The zero-order chi connectivity index (χ0) is 15.3. The Morgan fingerprint density at radius 3 is 2.62 bits per heavy atom. The van der Waals surface area contributed by atoms with Crippen molar-refractivity contribution >= 4 is 0 Å². The van der Waals surface area contributed by atoms with E-state index in [1.54, 1.807) is 5.57 Å². The quantitative estimate of drug-likeness (QED) is 0.694. The Hall–Kier alpha value is -0.300. The molecule has 3 aliphatic rings. The third-order valence-corrected chi connectivity index (χ3v) is 7.50. The van der Waals surface area contributed by atoms with Crippen molar-refractivity contribution in [2.75, 3.05) is 6.61 Å². The van der Waals surface area contributed by atoms with Gasteiger partial charge in [0, 0.05) is 6.61 Å². The molecular formula is C20H34O. The van der Waals surface area contributed by atoms with E-state index in [0.29, 0.717) is 12.0 Å². The molecule has 0 aromatic carbocycles. The monoisotopic (exact) mass is 290 g/mol. The number of fused-ring (bicyclic) bond motifs is 3. The van der Waals surface area contributed by atoms with Gasteiger partial charge in [-0.25, -0.2) is 0 Å². The lowest BCUT2D eigenvalue weighted by molar-refractivity contribution is -0.0888. The van der Waals surface area contributed by atoms with Crippen molar-refractivity contribution in [3.05, 3.63) is 11.6 Å². The Morgan fingerprint density at radius 1 is 1.19 bits per heavy atom. The molecule has 120 valence electrons. The van der Waals surface area contributed by atoms with Crippen LogP contribution >= 0.6 is 0 Å². The molecule has 5 atom stereocenters. The molecule has 0 radical (unpaired) electrons. The van der Waals surface area contributed by atoms with Gasteiger partial charge in [0.2, 0.25) is 0 Å². The first-order valence-electron chi connectivity index (χ1n) is 9.22. The number of aliphatic hydroxyl groups excluding tert-OH is 1. The average molecular weight is 290 g/mol. The molecule has 0 saturated heterocycles. The molecule has 2 saturated carbocycles. The molecule has 0 amide bonds. The minimum Gasteiger partial charge on any atom is -0.396 e. The molecule has 0 bridgehead atoms. The molecule has 1 heteroatoms. The number of hydrogen-bond acceptors (Lipinski definition) is 1. The largest absolute Gasteiger partial charge is 0.396 e. The summed E-state index contributed by atoms with van der Waals surface area (Å²) >= 11 is 0. The van der Waals surface area contributed by atoms with Crippen LogP contribution in [0.25, 0.3) is 0 Å². The standard InChI is InChI=1S/C20H34O/c1-14(2)15-6-8-17-16(12-15)7-9-18-19(3,13-21)10-5-11-20(17,18)4/h12,14-15,17-18,21H,5-11,13H2,1-4H3/t15-,17+,18+,19+,20-/m0/s1. The van der Waals surface area contributed by atoms with E-state index in [-0.39, 0.29) is 5.41 Å². The molecule has 3 aliphatic carbocycles. The fourth-order valence-corrected chi connectivity index (χ4v) is 6.17. The van der Waals surface area contributed by atoms with Crippen molar-refractivity contribution in [2.24, 2.45) is 34.5 Å². The molecule has 21 heavy (non-hydrogen) atoms. The fraction of sp³-hybridized carbons (Fsp3) is 0.900. The van der Waals surface area contributed by atoms with E-state index >= 15 is 0 Å². The van der Waals surface area contributed by atoms with E-state index in [1.165, 1.54) is 44.9 Å². The average Bonchev–Trinajstić information content (AvgIpc) is 2.46. The molecule has 3 rings (SSSR count). The summed E-state index contributed by atoms with van der Waals surface area (Å²) in [6, 6.07) is 0. The first-order valence-corrected chi connectivity index (χ1v) is 9.22. The lowest BCUT2D eigenvalue weighted by atomic mass is 9.45. The van der Waals surface area contributed by atoms with Gasteiger partial charge in [-0.05, 0) is 73.0 Å². The van der Waals surface area contributed by atoms with Gasteiger partial charge in [0.1, 0.15) is 0 Å². The second-order valence-corrected chi connectivity index (χ2v) is 9.04. The van der Waals surface area contributed by atoms with Gasteiger partial charge in [0.25, 0.3) is 0 Å². The van der Waals surface area contributed by atoms with Crippen LogP contribution < -0.4 is 0 Å². The van der Waals surface area contributed by atoms with Gasteiger partial charge in [0.15, 0.2) is 0 Å². The van der Waals surface area contributed by atoms with Crippen LogP contribution in [0.2, 0.25) is 0 Å². The summed E-state index contributed by atoms with van der Waals surface area (Å²) in [5.74, 6) is 3.13. The molecule has 2 fully saturated rings. The maximum Gasteiger partial charge on any atom is 0.0487 e. The fourth-order valence-electron chi connectivity index (χ4n) is 6.17. The minimum atomic E-state index is 0.174. The zero-order valence-electron chi connectivity index (χ0n) is 14.5.